The Hall–Kier alpha value is -3.56. The Bertz CT molecular complexity index is 1170. The zero-order chi connectivity index (χ0) is 24.6. The van der Waals surface area contributed by atoms with Gasteiger partial charge in [-0.3, -0.25) is 19.3 Å². The van der Waals surface area contributed by atoms with Crippen molar-refractivity contribution in [2.24, 2.45) is 0 Å². The Morgan fingerprint density at radius 2 is 1.71 bits per heavy atom. The Labute approximate surface area is 208 Å². The molecule has 1 saturated heterocycles. The predicted molar refractivity (Wildman–Crippen MR) is 136 cm³/mol. The fraction of sp³-hybridized carbons (Fsp3) is 0.308. The molecule has 1 fully saturated rings. The van der Waals surface area contributed by atoms with Crippen LogP contribution in [0.4, 0.5) is 5.69 Å². The molecule has 1 aliphatic heterocycles. The summed E-state index contributed by atoms with van der Waals surface area (Å²) in [6.07, 6.45) is 1.55. The van der Waals surface area contributed by atoms with Gasteiger partial charge < -0.3 is 16.0 Å². The summed E-state index contributed by atoms with van der Waals surface area (Å²) in [7, 11) is 0. The molecule has 0 aliphatic carbocycles. The maximum absolute atomic E-state index is 12.7. The van der Waals surface area contributed by atoms with E-state index in [9.17, 15) is 14.4 Å². The monoisotopic (exact) mass is 491 g/mol. The van der Waals surface area contributed by atoms with Gasteiger partial charge in [-0.2, -0.15) is 0 Å². The zero-order valence-electron chi connectivity index (χ0n) is 19.6. The summed E-state index contributed by atoms with van der Waals surface area (Å²) in [6, 6.07) is 16.8. The lowest BCUT2D eigenvalue weighted by Gasteiger charge is -2.31. The van der Waals surface area contributed by atoms with Gasteiger partial charge in [0.25, 0.3) is 11.8 Å². The van der Waals surface area contributed by atoms with Crippen LogP contribution in [0.15, 0.2) is 60.1 Å². The van der Waals surface area contributed by atoms with E-state index in [0.717, 1.165) is 24.1 Å². The predicted octanol–water partition coefficient (Wildman–Crippen LogP) is 3.21. The number of carbonyl (C=O) groups excluding carboxylic acids is 3. The maximum atomic E-state index is 12.7. The van der Waals surface area contributed by atoms with Crippen molar-refractivity contribution in [1.29, 1.82) is 0 Å². The molecule has 1 aromatic heterocycles. The van der Waals surface area contributed by atoms with Crippen molar-refractivity contribution in [1.82, 2.24) is 20.5 Å². The van der Waals surface area contributed by atoms with E-state index in [1.807, 2.05) is 37.3 Å². The van der Waals surface area contributed by atoms with E-state index >= 15 is 0 Å². The first kappa shape index (κ1) is 24.6. The number of nitrogens with zero attached hydrogens (tertiary/aromatic N) is 2. The minimum Gasteiger partial charge on any atom is -0.348 e. The van der Waals surface area contributed by atoms with Crippen LogP contribution in [0.3, 0.4) is 0 Å². The van der Waals surface area contributed by atoms with Gasteiger partial charge in [0.05, 0.1) is 29.0 Å². The first-order valence-corrected chi connectivity index (χ1v) is 12.5. The molecule has 2 aromatic carbocycles. The fourth-order valence-corrected chi connectivity index (χ4v) is 4.77. The van der Waals surface area contributed by atoms with Crippen LogP contribution in [0, 0.1) is 6.92 Å². The van der Waals surface area contributed by atoms with E-state index in [1.165, 1.54) is 11.3 Å². The number of benzene rings is 2. The third kappa shape index (κ3) is 6.74. The lowest BCUT2D eigenvalue weighted by Crippen LogP contribution is -2.46. The number of amides is 3. The summed E-state index contributed by atoms with van der Waals surface area (Å²) in [4.78, 5) is 44.7. The van der Waals surface area contributed by atoms with E-state index in [4.69, 9.17) is 0 Å². The molecule has 0 saturated carbocycles. The van der Waals surface area contributed by atoms with Crippen LogP contribution in [0.5, 0.6) is 0 Å². The maximum Gasteiger partial charge on any atom is 0.263 e. The number of aryl methyl sites for hydroxylation is 1. The Kier molecular flexibility index (Phi) is 8.23. The number of likely N-dealkylation sites (tertiary alicyclic amines) is 1. The van der Waals surface area contributed by atoms with Gasteiger partial charge in [-0.15, -0.1) is 11.3 Å². The summed E-state index contributed by atoms with van der Waals surface area (Å²) in [5.41, 5.74) is 4.35. The molecule has 0 bridgehead atoms. The highest BCUT2D eigenvalue weighted by molar-refractivity contribution is 7.11. The number of hydrogen-bond donors (Lipinski definition) is 3. The third-order valence-corrected chi connectivity index (χ3v) is 6.91. The van der Waals surface area contributed by atoms with Crippen LogP contribution < -0.4 is 16.0 Å². The van der Waals surface area contributed by atoms with Gasteiger partial charge in [0.15, 0.2) is 0 Å². The molecule has 0 atom stereocenters. The molecule has 4 rings (SSSR count). The molecule has 3 amide bonds. The molecule has 8 nitrogen and oxygen atoms in total. The van der Waals surface area contributed by atoms with Gasteiger partial charge in [-0.05, 0) is 37.5 Å². The highest BCUT2D eigenvalue weighted by Crippen LogP contribution is 2.17. The minimum absolute atomic E-state index is 0.0802. The van der Waals surface area contributed by atoms with Crippen LogP contribution in [0.2, 0.25) is 0 Å². The SMILES string of the molecule is Cc1ncsc1C(=O)NC1CCN(CC(=O)Nc2ccccc2C(=O)NCc2ccccc2)CC1. The Balaban J connectivity index is 1.25. The third-order valence-electron chi connectivity index (χ3n) is 5.98. The van der Waals surface area contributed by atoms with Gasteiger partial charge in [-0.25, -0.2) is 4.98 Å². The molecule has 35 heavy (non-hydrogen) atoms. The molecule has 0 radical (unpaired) electrons. The second-order valence-corrected chi connectivity index (χ2v) is 9.41. The van der Waals surface area contributed by atoms with Crippen LogP contribution in [-0.4, -0.2) is 53.3 Å². The highest BCUT2D eigenvalue weighted by atomic mass is 32.1. The molecule has 0 spiro atoms. The minimum atomic E-state index is -0.238. The number of aromatic nitrogens is 1. The van der Waals surface area contributed by atoms with Gasteiger partial charge >= 0.3 is 0 Å². The number of rotatable bonds is 8. The number of anilines is 1. The van der Waals surface area contributed by atoms with Gasteiger partial charge in [-0.1, -0.05) is 42.5 Å². The Morgan fingerprint density at radius 1 is 1.00 bits per heavy atom. The van der Waals surface area contributed by atoms with Crippen molar-refractivity contribution in [2.75, 3.05) is 25.0 Å². The summed E-state index contributed by atoms with van der Waals surface area (Å²) in [5.74, 6) is -0.489. The molecular formula is C26H29N5O3S. The quantitative estimate of drug-likeness (QED) is 0.449. The molecule has 2 heterocycles. The first-order chi connectivity index (χ1) is 17.0. The van der Waals surface area contributed by atoms with Crippen molar-refractivity contribution < 1.29 is 14.4 Å². The normalized spacial score (nSPS) is 14.3. The summed E-state index contributed by atoms with van der Waals surface area (Å²) in [5, 5.41) is 8.87. The largest absolute Gasteiger partial charge is 0.348 e. The van der Waals surface area contributed by atoms with E-state index in [0.29, 0.717) is 35.8 Å². The van der Waals surface area contributed by atoms with E-state index < -0.39 is 0 Å². The molecular weight excluding hydrogens is 462 g/mol. The number of para-hydroxylation sites is 1. The molecule has 3 N–H and O–H groups in total. The van der Waals surface area contributed by atoms with Crippen LogP contribution in [0.25, 0.3) is 0 Å². The van der Waals surface area contributed by atoms with E-state index in [1.54, 1.807) is 29.8 Å². The average molecular weight is 492 g/mol. The van der Waals surface area contributed by atoms with E-state index in [-0.39, 0.29) is 30.3 Å². The number of nitrogens with one attached hydrogen (secondary N) is 3. The van der Waals surface area contributed by atoms with Crippen LogP contribution >= 0.6 is 11.3 Å². The van der Waals surface area contributed by atoms with Gasteiger partial charge in [0.2, 0.25) is 5.91 Å². The van der Waals surface area contributed by atoms with Crippen molar-refractivity contribution in [3.63, 3.8) is 0 Å². The number of piperidine rings is 1. The second-order valence-electron chi connectivity index (χ2n) is 8.55. The highest BCUT2D eigenvalue weighted by Gasteiger charge is 2.24. The summed E-state index contributed by atoms with van der Waals surface area (Å²) >= 11 is 1.35. The summed E-state index contributed by atoms with van der Waals surface area (Å²) in [6.45, 7) is 3.89. The number of hydrogen-bond acceptors (Lipinski definition) is 6. The number of carbonyl (C=O) groups is 3. The lowest BCUT2D eigenvalue weighted by atomic mass is 10.0. The topological polar surface area (TPSA) is 103 Å². The Morgan fingerprint density at radius 3 is 2.43 bits per heavy atom. The molecule has 182 valence electrons. The molecule has 3 aromatic rings. The second kappa shape index (κ2) is 11.7. The van der Waals surface area contributed by atoms with Crippen molar-refractivity contribution in [3.8, 4) is 0 Å². The zero-order valence-corrected chi connectivity index (χ0v) is 20.4. The van der Waals surface area contributed by atoms with Crippen LogP contribution in [-0.2, 0) is 11.3 Å². The first-order valence-electron chi connectivity index (χ1n) is 11.6. The number of thiazole rings is 1. The van der Waals surface area contributed by atoms with Gasteiger partial charge in [0.1, 0.15) is 4.88 Å². The lowest BCUT2D eigenvalue weighted by molar-refractivity contribution is -0.117. The molecule has 9 heteroatoms. The summed E-state index contributed by atoms with van der Waals surface area (Å²) < 4.78 is 0. The van der Waals surface area contributed by atoms with Crippen molar-refractivity contribution in [2.45, 2.75) is 32.4 Å². The van der Waals surface area contributed by atoms with Crippen molar-refractivity contribution >= 4 is 34.7 Å². The van der Waals surface area contributed by atoms with Crippen LogP contribution in [0.1, 0.15) is 44.1 Å². The average Bonchev–Trinajstić information content (AvgIpc) is 3.30. The molecule has 0 unspecified atom stereocenters. The van der Waals surface area contributed by atoms with E-state index in [2.05, 4.69) is 25.8 Å². The van der Waals surface area contributed by atoms with Gasteiger partial charge in [0, 0.05) is 25.7 Å². The fourth-order valence-electron chi connectivity index (χ4n) is 4.06. The van der Waals surface area contributed by atoms with Crippen molar-refractivity contribution in [3.05, 3.63) is 81.8 Å². The molecule has 1 aliphatic rings. The standard InChI is InChI=1S/C26H29N5O3S/c1-18-24(35-17-28-18)26(34)29-20-11-13-31(14-12-20)16-23(32)30-22-10-6-5-9-21(22)25(33)27-15-19-7-3-2-4-8-19/h2-10,17,20H,11-16H2,1H3,(H,27,33)(H,29,34)(H,30,32). The smallest absolute Gasteiger partial charge is 0.263 e.